The zero-order valence-corrected chi connectivity index (χ0v) is 11.3. The summed E-state index contributed by atoms with van der Waals surface area (Å²) in [5.74, 6) is -1.44. The maximum absolute atomic E-state index is 12.2. The van der Waals surface area contributed by atoms with E-state index in [0.717, 1.165) is 19.3 Å². The number of hydrogen-bond acceptors (Lipinski definition) is 3. The van der Waals surface area contributed by atoms with Gasteiger partial charge in [0.25, 0.3) is 0 Å². The van der Waals surface area contributed by atoms with E-state index < -0.39 is 12.0 Å². The summed E-state index contributed by atoms with van der Waals surface area (Å²) >= 11 is 0. The van der Waals surface area contributed by atoms with Crippen molar-refractivity contribution in [3.05, 3.63) is 35.9 Å². The van der Waals surface area contributed by atoms with E-state index in [1.54, 1.807) is 24.3 Å². The van der Waals surface area contributed by atoms with Gasteiger partial charge in [0.05, 0.1) is 0 Å². The molecular formula is C15H20N2O3. The van der Waals surface area contributed by atoms with Crippen molar-refractivity contribution >= 4 is 11.9 Å². The van der Waals surface area contributed by atoms with Crippen LogP contribution in [0.1, 0.15) is 37.3 Å². The van der Waals surface area contributed by atoms with Gasteiger partial charge in [-0.05, 0) is 24.8 Å². The van der Waals surface area contributed by atoms with Crippen LogP contribution in [0.4, 0.5) is 0 Å². The van der Waals surface area contributed by atoms with Crippen LogP contribution in [0, 0.1) is 5.92 Å². The lowest BCUT2D eigenvalue weighted by Crippen LogP contribution is -2.41. The number of nitrogens with two attached hydrogens (primary N) is 1. The van der Waals surface area contributed by atoms with Crippen molar-refractivity contribution < 1.29 is 14.7 Å². The Morgan fingerprint density at radius 2 is 1.95 bits per heavy atom. The molecule has 0 saturated heterocycles. The first-order chi connectivity index (χ1) is 9.58. The zero-order chi connectivity index (χ0) is 14.5. The molecule has 1 amide bonds. The molecule has 5 heteroatoms. The van der Waals surface area contributed by atoms with E-state index in [4.69, 9.17) is 5.73 Å². The number of amides is 1. The van der Waals surface area contributed by atoms with Gasteiger partial charge in [0.1, 0.15) is 0 Å². The largest absolute Gasteiger partial charge is 0.479 e. The summed E-state index contributed by atoms with van der Waals surface area (Å²) in [5, 5.41) is 11.9. The summed E-state index contributed by atoms with van der Waals surface area (Å²) < 4.78 is 0. The van der Waals surface area contributed by atoms with Crippen LogP contribution in [0.15, 0.2) is 30.3 Å². The molecule has 0 aliphatic heterocycles. The average molecular weight is 276 g/mol. The van der Waals surface area contributed by atoms with E-state index in [-0.39, 0.29) is 17.9 Å². The lowest BCUT2D eigenvalue weighted by atomic mass is 9.85. The van der Waals surface area contributed by atoms with Crippen molar-refractivity contribution in [2.45, 2.75) is 37.8 Å². The first-order valence-corrected chi connectivity index (χ1v) is 6.91. The SMILES string of the molecule is NC1CCCC(C(=O)N[C@@H](C(=O)O)c2ccccc2)C1. The Labute approximate surface area is 118 Å². The van der Waals surface area contributed by atoms with E-state index in [2.05, 4.69) is 5.32 Å². The average Bonchev–Trinajstić information content (AvgIpc) is 2.45. The number of benzene rings is 1. The van der Waals surface area contributed by atoms with Gasteiger partial charge >= 0.3 is 5.97 Å². The predicted molar refractivity (Wildman–Crippen MR) is 74.9 cm³/mol. The molecule has 0 bridgehead atoms. The second kappa shape index (κ2) is 6.52. The monoisotopic (exact) mass is 276 g/mol. The Balaban J connectivity index is 2.05. The molecule has 20 heavy (non-hydrogen) atoms. The first kappa shape index (κ1) is 14.5. The smallest absolute Gasteiger partial charge is 0.330 e. The second-order valence-electron chi connectivity index (χ2n) is 5.31. The summed E-state index contributed by atoms with van der Waals surface area (Å²) in [6.45, 7) is 0. The minimum atomic E-state index is -1.05. The van der Waals surface area contributed by atoms with Gasteiger partial charge in [0.15, 0.2) is 6.04 Å². The molecule has 0 aromatic heterocycles. The molecule has 0 radical (unpaired) electrons. The Bertz CT molecular complexity index is 475. The van der Waals surface area contributed by atoms with Crippen LogP contribution >= 0.6 is 0 Å². The van der Waals surface area contributed by atoms with Gasteiger partial charge in [-0.2, -0.15) is 0 Å². The van der Waals surface area contributed by atoms with Crippen molar-refractivity contribution in [2.75, 3.05) is 0 Å². The van der Waals surface area contributed by atoms with Gasteiger partial charge in [0.2, 0.25) is 5.91 Å². The van der Waals surface area contributed by atoms with Gasteiger partial charge in [-0.3, -0.25) is 4.79 Å². The van der Waals surface area contributed by atoms with Crippen LogP contribution < -0.4 is 11.1 Å². The van der Waals surface area contributed by atoms with Gasteiger partial charge in [-0.25, -0.2) is 4.79 Å². The van der Waals surface area contributed by atoms with E-state index >= 15 is 0 Å². The number of hydrogen-bond donors (Lipinski definition) is 3. The van der Waals surface area contributed by atoms with E-state index in [9.17, 15) is 14.7 Å². The highest BCUT2D eigenvalue weighted by Crippen LogP contribution is 2.24. The summed E-state index contributed by atoms with van der Waals surface area (Å²) in [6, 6.07) is 7.77. The van der Waals surface area contributed by atoms with Crippen molar-refractivity contribution in [3.63, 3.8) is 0 Å². The Kier molecular flexibility index (Phi) is 4.74. The maximum Gasteiger partial charge on any atom is 0.330 e. The van der Waals surface area contributed by atoms with Crippen LogP contribution in [0.25, 0.3) is 0 Å². The Hall–Kier alpha value is -1.88. The Morgan fingerprint density at radius 3 is 2.55 bits per heavy atom. The van der Waals surface area contributed by atoms with E-state index in [0.29, 0.717) is 12.0 Å². The maximum atomic E-state index is 12.2. The number of carbonyl (C=O) groups is 2. The lowest BCUT2D eigenvalue weighted by Gasteiger charge is -2.27. The quantitative estimate of drug-likeness (QED) is 0.776. The molecular weight excluding hydrogens is 256 g/mol. The number of nitrogens with one attached hydrogen (secondary N) is 1. The van der Waals surface area contributed by atoms with Crippen molar-refractivity contribution in [2.24, 2.45) is 11.7 Å². The van der Waals surface area contributed by atoms with Crippen molar-refractivity contribution in [3.8, 4) is 0 Å². The predicted octanol–water partition coefficient (Wildman–Crippen LogP) is 1.45. The summed E-state index contributed by atoms with van der Waals surface area (Å²) in [6.07, 6.45) is 3.26. The topological polar surface area (TPSA) is 92.4 Å². The van der Waals surface area contributed by atoms with E-state index in [1.807, 2.05) is 6.07 Å². The van der Waals surface area contributed by atoms with Gasteiger partial charge in [-0.15, -0.1) is 0 Å². The second-order valence-corrected chi connectivity index (χ2v) is 5.31. The summed E-state index contributed by atoms with van der Waals surface area (Å²) in [7, 11) is 0. The highest BCUT2D eigenvalue weighted by molar-refractivity contribution is 5.85. The molecule has 1 fully saturated rings. The summed E-state index contributed by atoms with van der Waals surface area (Å²) in [5.41, 5.74) is 6.45. The Morgan fingerprint density at radius 1 is 1.25 bits per heavy atom. The third-order valence-corrected chi connectivity index (χ3v) is 3.75. The number of rotatable bonds is 4. The molecule has 0 spiro atoms. The highest BCUT2D eigenvalue weighted by Gasteiger charge is 2.29. The lowest BCUT2D eigenvalue weighted by molar-refractivity contribution is -0.142. The molecule has 1 aromatic rings. The minimum Gasteiger partial charge on any atom is -0.479 e. The highest BCUT2D eigenvalue weighted by atomic mass is 16.4. The van der Waals surface area contributed by atoms with Crippen LogP contribution in [-0.4, -0.2) is 23.0 Å². The number of aliphatic carboxylic acids is 1. The van der Waals surface area contributed by atoms with Gasteiger partial charge in [0, 0.05) is 12.0 Å². The van der Waals surface area contributed by atoms with Crippen LogP contribution in [0.2, 0.25) is 0 Å². The fraction of sp³-hybridized carbons (Fsp3) is 0.467. The third kappa shape index (κ3) is 3.57. The van der Waals surface area contributed by atoms with Crippen LogP contribution in [-0.2, 0) is 9.59 Å². The molecule has 3 atom stereocenters. The molecule has 4 N–H and O–H groups in total. The number of carboxylic acid groups (broad SMARTS) is 1. The normalized spacial score (nSPS) is 23.9. The molecule has 108 valence electrons. The van der Waals surface area contributed by atoms with Crippen molar-refractivity contribution in [1.29, 1.82) is 0 Å². The minimum absolute atomic E-state index is 0.0412. The van der Waals surface area contributed by atoms with Gasteiger partial charge < -0.3 is 16.2 Å². The molecule has 1 saturated carbocycles. The molecule has 1 aliphatic carbocycles. The van der Waals surface area contributed by atoms with Gasteiger partial charge in [-0.1, -0.05) is 36.8 Å². The molecule has 5 nitrogen and oxygen atoms in total. The summed E-state index contributed by atoms with van der Waals surface area (Å²) in [4.78, 5) is 23.5. The van der Waals surface area contributed by atoms with Crippen LogP contribution in [0.3, 0.4) is 0 Å². The number of carbonyl (C=O) groups excluding carboxylic acids is 1. The zero-order valence-electron chi connectivity index (χ0n) is 11.3. The van der Waals surface area contributed by atoms with E-state index in [1.165, 1.54) is 0 Å². The standard InChI is InChI=1S/C15H20N2O3/c16-12-8-4-7-11(9-12)14(18)17-13(15(19)20)10-5-2-1-3-6-10/h1-3,5-6,11-13H,4,7-9,16H2,(H,17,18)(H,19,20)/t11?,12?,13-/m1/s1. The molecule has 2 unspecified atom stereocenters. The van der Waals surface area contributed by atoms with Crippen LogP contribution in [0.5, 0.6) is 0 Å². The molecule has 0 heterocycles. The third-order valence-electron chi connectivity index (χ3n) is 3.75. The molecule has 1 aliphatic rings. The fourth-order valence-electron chi connectivity index (χ4n) is 2.66. The molecule has 1 aromatic carbocycles. The van der Waals surface area contributed by atoms with Crippen molar-refractivity contribution in [1.82, 2.24) is 5.32 Å². The number of carboxylic acids is 1. The molecule has 2 rings (SSSR count). The fourth-order valence-corrected chi connectivity index (χ4v) is 2.66. The first-order valence-electron chi connectivity index (χ1n) is 6.91.